The number of hydrogen-bond acceptors (Lipinski definition) is 6. The number of carbonyl (C=O) groups excluding carboxylic acids is 1. The lowest BCUT2D eigenvalue weighted by molar-refractivity contribution is -0.121. The van der Waals surface area contributed by atoms with Crippen molar-refractivity contribution in [2.45, 2.75) is 6.61 Å². The van der Waals surface area contributed by atoms with Gasteiger partial charge in [-0.15, -0.1) is 0 Å². The molecule has 3 aromatic carbocycles. The van der Waals surface area contributed by atoms with Gasteiger partial charge in [0.1, 0.15) is 18.1 Å². The molecule has 1 N–H and O–H groups in total. The smallest absolute Gasteiger partial charge is 0.335 e. The lowest BCUT2D eigenvalue weighted by atomic mass is 10.2. The number of nitrogens with zero attached hydrogens (tertiary/aromatic N) is 2. The summed E-state index contributed by atoms with van der Waals surface area (Å²) in [5.41, 5.74) is 2.50. The summed E-state index contributed by atoms with van der Waals surface area (Å²) in [5, 5.41) is 9.64. The number of carbonyl (C=O) groups is 2. The van der Waals surface area contributed by atoms with Crippen molar-refractivity contribution in [3.63, 3.8) is 0 Å². The van der Waals surface area contributed by atoms with E-state index in [1.165, 1.54) is 28.8 Å². The van der Waals surface area contributed by atoms with E-state index in [0.717, 1.165) is 22.6 Å². The average molecular weight is 475 g/mol. The van der Waals surface area contributed by atoms with E-state index in [2.05, 4.69) is 4.99 Å². The molecule has 0 radical (unpaired) electrons. The third-order valence-corrected chi connectivity index (χ3v) is 6.12. The number of hydrogen-bond donors (Lipinski definition) is 1. The molecule has 8 heteroatoms. The molecule has 3 aromatic rings. The van der Waals surface area contributed by atoms with Crippen LogP contribution < -0.4 is 9.47 Å². The van der Waals surface area contributed by atoms with E-state index in [9.17, 15) is 9.59 Å². The zero-order valence-electron chi connectivity index (χ0n) is 18.6. The van der Waals surface area contributed by atoms with E-state index >= 15 is 0 Å². The Morgan fingerprint density at radius 1 is 1.06 bits per heavy atom. The number of amides is 1. The number of carboxylic acid groups (broad SMARTS) is 1. The van der Waals surface area contributed by atoms with Crippen LogP contribution in [0.1, 0.15) is 21.5 Å². The first-order valence-electron chi connectivity index (χ1n) is 10.4. The Labute approximate surface area is 201 Å². The lowest BCUT2D eigenvalue weighted by Gasteiger charge is -2.08. The van der Waals surface area contributed by atoms with Gasteiger partial charge in [0.2, 0.25) is 0 Å². The van der Waals surface area contributed by atoms with Crippen LogP contribution in [0.4, 0.5) is 5.69 Å². The summed E-state index contributed by atoms with van der Waals surface area (Å²) in [7, 11) is 3.28. The molecular formula is C26H22N2O5S. The van der Waals surface area contributed by atoms with Gasteiger partial charge in [0.05, 0.1) is 23.3 Å². The van der Waals surface area contributed by atoms with Gasteiger partial charge in [0, 0.05) is 7.05 Å². The highest BCUT2D eigenvalue weighted by molar-refractivity contribution is 8.18. The number of thioether (sulfide) groups is 1. The Bertz CT molecular complexity index is 1270. The van der Waals surface area contributed by atoms with E-state index in [0.29, 0.717) is 22.4 Å². The Morgan fingerprint density at radius 3 is 2.44 bits per heavy atom. The fourth-order valence-electron chi connectivity index (χ4n) is 3.17. The molecule has 0 atom stereocenters. The van der Waals surface area contributed by atoms with Crippen LogP contribution in [0.3, 0.4) is 0 Å². The predicted octanol–water partition coefficient (Wildman–Crippen LogP) is 5.21. The molecule has 1 fully saturated rings. The van der Waals surface area contributed by atoms with Crippen LogP contribution in [-0.4, -0.2) is 41.2 Å². The van der Waals surface area contributed by atoms with Crippen LogP contribution in [0.5, 0.6) is 11.5 Å². The number of methoxy groups -OCH3 is 1. The highest BCUT2D eigenvalue weighted by Crippen LogP contribution is 2.33. The van der Waals surface area contributed by atoms with Crippen molar-refractivity contribution in [2.75, 3.05) is 14.2 Å². The molecular weight excluding hydrogens is 452 g/mol. The minimum absolute atomic E-state index is 0.142. The average Bonchev–Trinajstić information content (AvgIpc) is 3.11. The summed E-state index contributed by atoms with van der Waals surface area (Å²) >= 11 is 1.24. The molecule has 1 aliphatic heterocycles. The molecule has 1 heterocycles. The maximum absolute atomic E-state index is 12.7. The largest absolute Gasteiger partial charge is 0.497 e. The zero-order valence-corrected chi connectivity index (χ0v) is 19.4. The van der Waals surface area contributed by atoms with Crippen molar-refractivity contribution in [3.8, 4) is 11.5 Å². The van der Waals surface area contributed by atoms with E-state index < -0.39 is 5.97 Å². The normalized spacial score (nSPS) is 15.7. The molecule has 1 amide bonds. The van der Waals surface area contributed by atoms with Crippen molar-refractivity contribution >= 4 is 40.6 Å². The first kappa shape index (κ1) is 23.1. The minimum atomic E-state index is -1.03. The van der Waals surface area contributed by atoms with Crippen molar-refractivity contribution < 1.29 is 24.2 Å². The van der Waals surface area contributed by atoms with Gasteiger partial charge in [-0.1, -0.05) is 30.3 Å². The summed E-state index contributed by atoms with van der Waals surface area (Å²) in [5.74, 6) is 0.328. The molecule has 34 heavy (non-hydrogen) atoms. The first-order chi connectivity index (χ1) is 16.4. The van der Waals surface area contributed by atoms with E-state index in [-0.39, 0.29) is 11.5 Å². The highest BCUT2D eigenvalue weighted by Gasteiger charge is 2.30. The van der Waals surface area contributed by atoms with Crippen molar-refractivity contribution in [1.82, 2.24) is 4.90 Å². The number of benzene rings is 3. The number of amidine groups is 1. The SMILES string of the molecule is COc1ccc(COc2ccc(/C=C3/SC(=Nc4cccc(C(=O)O)c4)N(C)C3=O)cc2)cc1. The Balaban J connectivity index is 1.43. The number of aromatic carboxylic acids is 1. The second-order valence-corrected chi connectivity index (χ2v) is 8.44. The van der Waals surface area contributed by atoms with Gasteiger partial charge in [0.25, 0.3) is 5.91 Å². The fraction of sp³-hybridized carbons (Fsp3) is 0.115. The van der Waals surface area contributed by atoms with E-state index in [4.69, 9.17) is 14.6 Å². The lowest BCUT2D eigenvalue weighted by Crippen LogP contribution is -2.23. The quantitative estimate of drug-likeness (QED) is 0.473. The van der Waals surface area contributed by atoms with Gasteiger partial charge in [-0.25, -0.2) is 9.79 Å². The summed E-state index contributed by atoms with van der Waals surface area (Å²) in [6, 6.07) is 21.5. The molecule has 4 rings (SSSR count). The van der Waals surface area contributed by atoms with Gasteiger partial charge in [-0.2, -0.15) is 0 Å². The number of likely N-dealkylation sites (N-methyl/N-ethyl adjacent to an activating group) is 1. The first-order valence-corrected chi connectivity index (χ1v) is 11.2. The molecule has 0 unspecified atom stereocenters. The minimum Gasteiger partial charge on any atom is -0.497 e. The van der Waals surface area contributed by atoms with Gasteiger partial charge in [-0.3, -0.25) is 9.69 Å². The van der Waals surface area contributed by atoms with Crippen LogP contribution in [0, 0.1) is 0 Å². The number of aliphatic imine (C=N–C) groups is 1. The summed E-state index contributed by atoms with van der Waals surface area (Å²) < 4.78 is 11.0. The second kappa shape index (κ2) is 10.3. The van der Waals surface area contributed by atoms with Crippen molar-refractivity contribution in [1.29, 1.82) is 0 Å². The number of carboxylic acids is 1. The van der Waals surface area contributed by atoms with Crippen LogP contribution in [0.2, 0.25) is 0 Å². The van der Waals surface area contributed by atoms with Crippen molar-refractivity contribution in [3.05, 3.63) is 94.4 Å². The monoisotopic (exact) mass is 474 g/mol. The van der Waals surface area contributed by atoms with Gasteiger partial charge >= 0.3 is 5.97 Å². The number of ether oxygens (including phenoxy) is 2. The Morgan fingerprint density at radius 2 is 1.76 bits per heavy atom. The van der Waals surface area contributed by atoms with E-state index in [1.54, 1.807) is 32.4 Å². The molecule has 0 spiro atoms. The second-order valence-electron chi connectivity index (χ2n) is 7.43. The zero-order chi connectivity index (χ0) is 24.1. The molecule has 7 nitrogen and oxygen atoms in total. The molecule has 1 aliphatic rings. The van der Waals surface area contributed by atoms with Crippen LogP contribution in [0.25, 0.3) is 6.08 Å². The maximum atomic E-state index is 12.7. The molecule has 0 aliphatic carbocycles. The topological polar surface area (TPSA) is 88.4 Å². The summed E-state index contributed by atoms with van der Waals surface area (Å²) in [6.07, 6.45) is 1.80. The molecule has 1 saturated heterocycles. The predicted molar refractivity (Wildman–Crippen MR) is 133 cm³/mol. The maximum Gasteiger partial charge on any atom is 0.335 e. The van der Waals surface area contributed by atoms with Crippen LogP contribution >= 0.6 is 11.8 Å². The Hall–Kier alpha value is -4.04. The van der Waals surface area contributed by atoms with Crippen LogP contribution in [-0.2, 0) is 11.4 Å². The fourth-order valence-corrected chi connectivity index (χ4v) is 4.16. The summed E-state index contributed by atoms with van der Waals surface area (Å²) in [6.45, 7) is 0.437. The molecule has 0 bridgehead atoms. The molecule has 172 valence electrons. The molecule has 0 aromatic heterocycles. The van der Waals surface area contributed by atoms with Gasteiger partial charge in [0.15, 0.2) is 5.17 Å². The van der Waals surface area contributed by atoms with Gasteiger partial charge in [-0.05, 0) is 71.4 Å². The van der Waals surface area contributed by atoms with E-state index in [1.807, 2.05) is 48.5 Å². The third-order valence-electron chi connectivity index (χ3n) is 5.06. The third kappa shape index (κ3) is 5.47. The van der Waals surface area contributed by atoms with Gasteiger partial charge < -0.3 is 14.6 Å². The standard InChI is InChI=1S/C26H22N2O5S/c1-28-24(29)23(34-26(28)27-20-5-3-4-19(15-20)25(30)31)14-17-6-12-22(13-7-17)33-16-18-8-10-21(32-2)11-9-18/h3-15H,16H2,1-2H3,(H,30,31)/b23-14+,27-26?. The van der Waals surface area contributed by atoms with Crippen LogP contribution in [0.15, 0.2) is 82.7 Å². The van der Waals surface area contributed by atoms with Crippen molar-refractivity contribution in [2.24, 2.45) is 4.99 Å². The number of rotatable bonds is 7. The molecule has 0 saturated carbocycles. The highest BCUT2D eigenvalue weighted by atomic mass is 32.2. The summed E-state index contributed by atoms with van der Waals surface area (Å²) in [4.78, 5) is 30.3. The Kier molecular flexibility index (Phi) is 6.98.